The van der Waals surface area contributed by atoms with E-state index in [0.717, 1.165) is 6.42 Å². The van der Waals surface area contributed by atoms with E-state index in [1.165, 1.54) is 16.7 Å². The van der Waals surface area contributed by atoms with Crippen LogP contribution in [0.4, 0.5) is 0 Å². The molecule has 0 saturated heterocycles. The molecule has 1 aliphatic rings. The summed E-state index contributed by atoms with van der Waals surface area (Å²) >= 11 is 0. The van der Waals surface area contributed by atoms with E-state index in [-0.39, 0.29) is 18.4 Å². The van der Waals surface area contributed by atoms with Crippen molar-refractivity contribution in [1.82, 2.24) is 5.32 Å². The summed E-state index contributed by atoms with van der Waals surface area (Å²) in [5.41, 5.74) is 3.84. The Balaban J connectivity index is 1.78. The molecule has 1 aromatic rings. The number of aliphatic carboxylic acids is 1. The predicted molar refractivity (Wildman–Crippen MR) is 76.7 cm³/mol. The first-order valence-electron chi connectivity index (χ1n) is 7.05. The molecule has 0 aromatic heterocycles. The smallest absolute Gasteiger partial charge is 0.303 e. The van der Waals surface area contributed by atoms with Crippen molar-refractivity contribution in [2.75, 3.05) is 0 Å². The Kier molecular flexibility index (Phi) is 4.42. The zero-order valence-electron chi connectivity index (χ0n) is 12.0. The van der Waals surface area contributed by atoms with E-state index in [0.29, 0.717) is 18.8 Å². The third kappa shape index (κ3) is 3.83. The first-order valence-corrected chi connectivity index (χ1v) is 7.05. The van der Waals surface area contributed by atoms with Crippen molar-refractivity contribution < 1.29 is 14.7 Å². The molecular formula is C16H21NO3. The van der Waals surface area contributed by atoms with Crippen molar-refractivity contribution in [3.8, 4) is 0 Å². The Bertz CT molecular complexity index is 524. The monoisotopic (exact) mass is 275 g/mol. The Morgan fingerprint density at radius 2 is 2.00 bits per heavy atom. The molecule has 20 heavy (non-hydrogen) atoms. The highest BCUT2D eigenvalue weighted by atomic mass is 16.4. The molecule has 2 N–H and O–H groups in total. The maximum Gasteiger partial charge on any atom is 0.303 e. The highest BCUT2D eigenvalue weighted by molar-refractivity contribution is 5.77. The van der Waals surface area contributed by atoms with Crippen molar-refractivity contribution in [2.45, 2.75) is 51.5 Å². The second-order valence-electron chi connectivity index (χ2n) is 5.61. The molecule has 0 bridgehead atoms. The van der Waals surface area contributed by atoms with E-state index in [4.69, 9.17) is 5.11 Å². The van der Waals surface area contributed by atoms with Crippen LogP contribution in [0.15, 0.2) is 18.2 Å². The van der Waals surface area contributed by atoms with Gasteiger partial charge in [0, 0.05) is 24.8 Å². The second kappa shape index (κ2) is 6.07. The summed E-state index contributed by atoms with van der Waals surface area (Å²) in [5, 5.41) is 11.5. The van der Waals surface area contributed by atoms with Crippen LogP contribution in [0.1, 0.15) is 48.3 Å². The van der Waals surface area contributed by atoms with E-state index < -0.39 is 5.97 Å². The van der Waals surface area contributed by atoms with Crippen LogP contribution in [0.2, 0.25) is 0 Å². The molecular weight excluding hydrogens is 254 g/mol. The van der Waals surface area contributed by atoms with Crippen molar-refractivity contribution in [3.05, 3.63) is 34.9 Å². The maximum atomic E-state index is 11.7. The molecule has 1 aromatic carbocycles. The van der Waals surface area contributed by atoms with Crippen LogP contribution >= 0.6 is 0 Å². The van der Waals surface area contributed by atoms with Gasteiger partial charge >= 0.3 is 5.97 Å². The maximum absolute atomic E-state index is 11.7. The number of carboxylic acids is 1. The van der Waals surface area contributed by atoms with E-state index >= 15 is 0 Å². The number of nitrogens with one attached hydrogen (secondary N) is 1. The summed E-state index contributed by atoms with van der Waals surface area (Å²) in [6.45, 7) is 4.19. The van der Waals surface area contributed by atoms with Gasteiger partial charge in [0.15, 0.2) is 0 Å². The van der Waals surface area contributed by atoms with Gasteiger partial charge in [-0.05, 0) is 43.4 Å². The molecule has 0 radical (unpaired) electrons. The molecule has 1 amide bonds. The number of carboxylic acid groups (broad SMARTS) is 1. The lowest BCUT2D eigenvalue weighted by molar-refractivity contribution is -0.137. The Hall–Kier alpha value is -1.84. The summed E-state index contributed by atoms with van der Waals surface area (Å²) in [6.07, 6.45) is 1.73. The first-order chi connectivity index (χ1) is 9.47. The number of hydrogen-bond donors (Lipinski definition) is 2. The zero-order chi connectivity index (χ0) is 14.7. The topological polar surface area (TPSA) is 66.4 Å². The molecule has 1 aliphatic carbocycles. The van der Waals surface area contributed by atoms with Crippen molar-refractivity contribution in [3.63, 3.8) is 0 Å². The molecule has 4 heteroatoms. The fraction of sp³-hybridized carbons (Fsp3) is 0.500. The number of carbonyl (C=O) groups excluding carboxylic acids is 1. The van der Waals surface area contributed by atoms with Gasteiger partial charge in [0.05, 0.1) is 0 Å². The zero-order valence-corrected chi connectivity index (χ0v) is 12.0. The van der Waals surface area contributed by atoms with Gasteiger partial charge < -0.3 is 10.4 Å². The molecule has 0 heterocycles. The minimum atomic E-state index is -0.850. The largest absolute Gasteiger partial charge is 0.481 e. The molecule has 2 rings (SSSR count). The van der Waals surface area contributed by atoms with Gasteiger partial charge in [-0.2, -0.15) is 0 Å². The van der Waals surface area contributed by atoms with Crippen molar-refractivity contribution in [1.29, 1.82) is 0 Å². The van der Waals surface area contributed by atoms with Crippen LogP contribution in [0, 0.1) is 13.8 Å². The van der Waals surface area contributed by atoms with Gasteiger partial charge in [0.25, 0.3) is 0 Å². The van der Waals surface area contributed by atoms with Crippen LogP contribution in [-0.2, 0) is 9.59 Å². The van der Waals surface area contributed by atoms with Crippen LogP contribution in [-0.4, -0.2) is 23.0 Å². The molecule has 2 atom stereocenters. The van der Waals surface area contributed by atoms with Gasteiger partial charge in [-0.25, -0.2) is 0 Å². The summed E-state index contributed by atoms with van der Waals surface area (Å²) in [5.74, 6) is -0.475. The third-order valence-electron chi connectivity index (χ3n) is 3.89. The normalized spacial score (nSPS) is 20.5. The molecule has 108 valence electrons. The van der Waals surface area contributed by atoms with Crippen molar-refractivity contribution in [2.24, 2.45) is 0 Å². The van der Waals surface area contributed by atoms with Gasteiger partial charge in [-0.15, -0.1) is 0 Å². The van der Waals surface area contributed by atoms with Crippen molar-refractivity contribution >= 4 is 11.9 Å². The van der Waals surface area contributed by atoms with Crippen LogP contribution < -0.4 is 5.32 Å². The minimum Gasteiger partial charge on any atom is -0.481 e. The standard InChI is InChI=1S/C16H21NO3/c1-10-6-7-12(8-11(10)2)13-9-14(13)17-15(18)4-3-5-16(19)20/h6-8,13-14H,3-5,9H2,1-2H3,(H,17,18)(H,19,20). The van der Waals surface area contributed by atoms with Gasteiger partial charge in [-0.1, -0.05) is 18.2 Å². The van der Waals surface area contributed by atoms with E-state index in [1.807, 2.05) is 0 Å². The summed E-state index contributed by atoms with van der Waals surface area (Å²) < 4.78 is 0. The fourth-order valence-electron chi connectivity index (χ4n) is 2.40. The SMILES string of the molecule is Cc1ccc(C2CC2NC(=O)CCCC(=O)O)cc1C. The van der Waals surface area contributed by atoms with Gasteiger partial charge in [-0.3, -0.25) is 9.59 Å². The highest BCUT2D eigenvalue weighted by Crippen LogP contribution is 2.41. The number of amides is 1. The average molecular weight is 275 g/mol. The Morgan fingerprint density at radius 1 is 1.25 bits per heavy atom. The number of hydrogen-bond acceptors (Lipinski definition) is 2. The number of rotatable bonds is 6. The van der Waals surface area contributed by atoms with Crippen LogP contribution in [0.3, 0.4) is 0 Å². The molecule has 0 spiro atoms. The average Bonchev–Trinajstić information content (AvgIpc) is 3.11. The Labute approximate surface area is 119 Å². The lowest BCUT2D eigenvalue weighted by atomic mass is 10.0. The molecule has 2 unspecified atom stereocenters. The Morgan fingerprint density at radius 3 is 2.65 bits per heavy atom. The molecule has 4 nitrogen and oxygen atoms in total. The van der Waals surface area contributed by atoms with E-state index in [1.54, 1.807) is 0 Å². The van der Waals surface area contributed by atoms with Gasteiger partial charge in [0.1, 0.15) is 0 Å². The molecule has 1 saturated carbocycles. The van der Waals surface area contributed by atoms with E-state index in [2.05, 4.69) is 37.4 Å². The van der Waals surface area contributed by atoms with E-state index in [9.17, 15) is 9.59 Å². The number of carbonyl (C=O) groups is 2. The lowest BCUT2D eigenvalue weighted by Gasteiger charge is -2.06. The van der Waals surface area contributed by atoms with Gasteiger partial charge in [0.2, 0.25) is 5.91 Å². The summed E-state index contributed by atoms with van der Waals surface area (Å²) in [7, 11) is 0. The highest BCUT2D eigenvalue weighted by Gasteiger charge is 2.39. The van der Waals surface area contributed by atoms with Crippen LogP contribution in [0.5, 0.6) is 0 Å². The number of aryl methyl sites for hydroxylation is 2. The quantitative estimate of drug-likeness (QED) is 0.838. The second-order valence-corrected chi connectivity index (χ2v) is 5.61. The lowest BCUT2D eigenvalue weighted by Crippen LogP contribution is -2.26. The number of benzene rings is 1. The fourth-order valence-corrected chi connectivity index (χ4v) is 2.40. The first kappa shape index (κ1) is 14.6. The van der Waals surface area contributed by atoms with Crippen LogP contribution in [0.25, 0.3) is 0 Å². The third-order valence-corrected chi connectivity index (χ3v) is 3.89. The molecule has 1 fully saturated rings. The summed E-state index contributed by atoms with van der Waals surface area (Å²) in [4.78, 5) is 22.0. The summed E-state index contributed by atoms with van der Waals surface area (Å²) in [6, 6.07) is 6.66. The molecule has 0 aliphatic heterocycles. The predicted octanol–water partition coefficient (Wildman–Crippen LogP) is 2.53. The minimum absolute atomic E-state index is 0.0393.